The molecule has 1 heterocycles. The van der Waals surface area contributed by atoms with Crippen molar-refractivity contribution in [2.75, 3.05) is 12.4 Å². The zero-order valence-electron chi connectivity index (χ0n) is 16.7. The molecule has 27 heavy (non-hydrogen) atoms. The van der Waals surface area contributed by atoms with Crippen molar-refractivity contribution in [1.82, 2.24) is 4.90 Å². The minimum atomic E-state index is -0.260. The van der Waals surface area contributed by atoms with E-state index in [0.29, 0.717) is 17.1 Å². The number of nitrogens with zero attached hydrogens (tertiary/aromatic N) is 1. The first-order valence-corrected chi connectivity index (χ1v) is 9.49. The molecule has 1 aliphatic rings. The molecule has 2 atom stereocenters. The number of hydrogen-bond donors (Lipinski definition) is 1. The maximum Gasteiger partial charge on any atom is 0.258 e. The molecule has 0 radical (unpaired) electrons. The fraction of sp³-hybridized carbons (Fsp3) is 0.409. The summed E-state index contributed by atoms with van der Waals surface area (Å²) in [7, 11) is 1.63. The standard InChI is InChI=1S/C22H28N2O3/c1-6-15(4)24-21(23-18-10-8-7-9-17(18)22(24)25)16-11-12-19(27-14(2)3)20(13-16)26-5/h7-15,21,23H,6H2,1-5H3/t15-,21-/m0/s1. The lowest BCUT2D eigenvalue weighted by Crippen LogP contribution is -2.47. The Morgan fingerprint density at radius 2 is 1.85 bits per heavy atom. The summed E-state index contributed by atoms with van der Waals surface area (Å²) in [5.41, 5.74) is 2.53. The molecule has 2 aromatic rings. The Hall–Kier alpha value is -2.69. The van der Waals surface area contributed by atoms with Gasteiger partial charge in [-0.2, -0.15) is 0 Å². The Labute approximate surface area is 161 Å². The highest BCUT2D eigenvalue weighted by atomic mass is 16.5. The monoisotopic (exact) mass is 368 g/mol. The molecule has 144 valence electrons. The van der Waals surface area contributed by atoms with Gasteiger partial charge in [-0.15, -0.1) is 0 Å². The van der Waals surface area contributed by atoms with Crippen LogP contribution in [0.1, 0.15) is 56.2 Å². The van der Waals surface area contributed by atoms with Gasteiger partial charge < -0.3 is 19.7 Å². The predicted molar refractivity (Wildman–Crippen MR) is 107 cm³/mol. The maximum absolute atomic E-state index is 13.2. The van der Waals surface area contributed by atoms with Crippen molar-refractivity contribution in [3.05, 3.63) is 53.6 Å². The average Bonchev–Trinajstić information content (AvgIpc) is 2.67. The van der Waals surface area contributed by atoms with Gasteiger partial charge in [-0.1, -0.05) is 25.1 Å². The first-order valence-electron chi connectivity index (χ1n) is 9.49. The van der Waals surface area contributed by atoms with Crippen LogP contribution in [0.25, 0.3) is 0 Å². The Bertz CT molecular complexity index is 819. The van der Waals surface area contributed by atoms with E-state index in [1.165, 1.54) is 0 Å². The zero-order chi connectivity index (χ0) is 19.6. The molecule has 0 saturated heterocycles. The summed E-state index contributed by atoms with van der Waals surface area (Å²) < 4.78 is 11.4. The Balaban J connectivity index is 2.04. The van der Waals surface area contributed by atoms with Crippen molar-refractivity contribution >= 4 is 11.6 Å². The van der Waals surface area contributed by atoms with Gasteiger partial charge in [0.1, 0.15) is 6.17 Å². The van der Waals surface area contributed by atoms with E-state index >= 15 is 0 Å². The van der Waals surface area contributed by atoms with E-state index in [4.69, 9.17) is 9.47 Å². The minimum Gasteiger partial charge on any atom is -0.493 e. The Morgan fingerprint density at radius 3 is 2.52 bits per heavy atom. The molecule has 5 heteroatoms. The molecular formula is C22H28N2O3. The summed E-state index contributed by atoms with van der Waals surface area (Å²) in [5, 5.41) is 3.53. The van der Waals surface area contributed by atoms with E-state index in [9.17, 15) is 4.79 Å². The second-order valence-corrected chi connectivity index (χ2v) is 7.14. The summed E-state index contributed by atoms with van der Waals surface area (Å²) in [6.45, 7) is 8.14. The minimum absolute atomic E-state index is 0.0465. The van der Waals surface area contributed by atoms with Crippen molar-refractivity contribution in [1.29, 1.82) is 0 Å². The number of nitrogens with one attached hydrogen (secondary N) is 1. The van der Waals surface area contributed by atoms with Crippen molar-refractivity contribution in [2.24, 2.45) is 0 Å². The van der Waals surface area contributed by atoms with Crippen molar-refractivity contribution < 1.29 is 14.3 Å². The van der Waals surface area contributed by atoms with Crippen LogP contribution in [0, 0.1) is 0 Å². The van der Waals surface area contributed by atoms with Crippen molar-refractivity contribution in [3.8, 4) is 11.5 Å². The third kappa shape index (κ3) is 3.72. The predicted octanol–water partition coefficient (Wildman–Crippen LogP) is 4.85. The number of anilines is 1. The summed E-state index contributed by atoms with van der Waals surface area (Å²) in [5.74, 6) is 1.41. The van der Waals surface area contributed by atoms with Gasteiger partial charge in [0.25, 0.3) is 5.91 Å². The fourth-order valence-electron chi connectivity index (χ4n) is 3.37. The van der Waals surface area contributed by atoms with Crippen LogP contribution < -0.4 is 14.8 Å². The van der Waals surface area contributed by atoms with Gasteiger partial charge >= 0.3 is 0 Å². The van der Waals surface area contributed by atoms with Crippen LogP contribution in [0.4, 0.5) is 5.69 Å². The van der Waals surface area contributed by atoms with Crippen molar-refractivity contribution in [3.63, 3.8) is 0 Å². The highest BCUT2D eigenvalue weighted by Gasteiger charge is 2.35. The number of methoxy groups -OCH3 is 1. The molecule has 1 aliphatic heterocycles. The molecule has 2 aromatic carbocycles. The van der Waals surface area contributed by atoms with Gasteiger partial charge in [0, 0.05) is 11.7 Å². The van der Waals surface area contributed by atoms with Crippen LogP contribution in [0.3, 0.4) is 0 Å². The maximum atomic E-state index is 13.2. The summed E-state index contributed by atoms with van der Waals surface area (Å²) in [4.78, 5) is 15.1. The normalized spacial score (nSPS) is 17.3. The Kier molecular flexibility index (Phi) is 5.59. The van der Waals surface area contributed by atoms with Crippen LogP contribution in [-0.4, -0.2) is 30.1 Å². The fourth-order valence-corrected chi connectivity index (χ4v) is 3.37. The smallest absolute Gasteiger partial charge is 0.258 e. The third-order valence-corrected chi connectivity index (χ3v) is 4.89. The molecule has 0 aromatic heterocycles. The summed E-state index contributed by atoms with van der Waals surface area (Å²) in [6.07, 6.45) is 0.671. The number of hydrogen-bond acceptors (Lipinski definition) is 4. The zero-order valence-corrected chi connectivity index (χ0v) is 16.7. The number of carbonyl (C=O) groups excluding carboxylic acids is 1. The topological polar surface area (TPSA) is 50.8 Å². The van der Waals surface area contributed by atoms with Crippen LogP contribution in [0.15, 0.2) is 42.5 Å². The van der Waals surface area contributed by atoms with Gasteiger partial charge in [0.15, 0.2) is 11.5 Å². The van der Waals surface area contributed by atoms with E-state index in [1.807, 2.05) is 61.2 Å². The SMILES string of the molecule is CC[C@H](C)N1C(=O)c2ccccc2N[C@@H]1c1ccc(OC(C)C)c(OC)c1. The van der Waals surface area contributed by atoms with Gasteiger partial charge in [0.05, 0.1) is 18.8 Å². The van der Waals surface area contributed by atoms with Gasteiger partial charge in [0.2, 0.25) is 0 Å². The number of carbonyl (C=O) groups is 1. The number of ether oxygens (including phenoxy) is 2. The van der Waals surface area contributed by atoms with Crippen molar-refractivity contribution in [2.45, 2.75) is 52.4 Å². The second-order valence-electron chi connectivity index (χ2n) is 7.14. The van der Waals surface area contributed by atoms with Crippen LogP contribution in [0.2, 0.25) is 0 Å². The molecule has 0 bridgehead atoms. The molecule has 0 aliphatic carbocycles. The lowest BCUT2D eigenvalue weighted by Gasteiger charge is -2.41. The van der Waals surface area contributed by atoms with Gasteiger partial charge in [-0.25, -0.2) is 0 Å². The number of amides is 1. The lowest BCUT2D eigenvalue weighted by molar-refractivity contribution is 0.0593. The summed E-state index contributed by atoms with van der Waals surface area (Å²) in [6, 6.07) is 13.6. The molecular weight excluding hydrogens is 340 g/mol. The molecule has 0 spiro atoms. The highest BCUT2D eigenvalue weighted by molar-refractivity contribution is 6.01. The number of rotatable bonds is 6. The molecule has 0 fully saturated rings. The molecule has 1 N–H and O–H groups in total. The number of fused-ring (bicyclic) bond motifs is 1. The number of para-hydroxylation sites is 1. The largest absolute Gasteiger partial charge is 0.493 e. The van der Waals surface area contributed by atoms with Gasteiger partial charge in [-0.05, 0) is 57.0 Å². The number of benzene rings is 2. The molecule has 5 nitrogen and oxygen atoms in total. The third-order valence-electron chi connectivity index (χ3n) is 4.89. The van der Waals surface area contributed by atoms with E-state index in [-0.39, 0.29) is 24.2 Å². The first-order chi connectivity index (χ1) is 13.0. The quantitative estimate of drug-likeness (QED) is 0.792. The molecule has 3 rings (SSSR count). The lowest BCUT2D eigenvalue weighted by atomic mass is 10.0. The van der Waals surface area contributed by atoms with E-state index in [0.717, 1.165) is 17.7 Å². The van der Waals surface area contributed by atoms with E-state index in [1.54, 1.807) is 7.11 Å². The van der Waals surface area contributed by atoms with Gasteiger partial charge in [-0.3, -0.25) is 4.79 Å². The molecule has 0 unspecified atom stereocenters. The Morgan fingerprint density at radius 1 is 1.11 bits per heavy atom. The summed E-state index contributed by atoms with van der Waals surface area (Å²) >= 11 is 0. The highest BCUT2D eigenvalue weighted by Crippen LogP contribution is 2.38. The van der Waals surface area contributed by atoms with Crippen LogP contribution in [0.5, 0.6) is 11.5 Å². The molecule has 1 amide bonds. The molecule has 0 saturated carbocycles. The van der Waals surface area contributed by atoms with Crippen LogP contribution in [-0.2, 0) is 0 Å². The second kappa shape index (κ2) is 7.91. The first kappa shape index (κ1) is 19.1. The average molecular weight is 368 g/mol. The van der Waals surface area contributed by atoms with E-state index in [2.05, 4.69) is 19.2 Å². The van der Waals surface area contributed by atoms with Crippen LogP contribution >= 0.6 is 0 Å². The van der Waals surface area contributed by atoms with E-state index < -0.39 is 0 Å².